The Bertz CT molecular complexity index is 501. The van der Waals surface area contributed by atoms with Crippen LogP contribution in [0, 0.1) is 0 Å². The second-order valence-electron chi connectivity index (χ2n) is 3.83. The van der Waals surface area contributed by atoms with Gasteiger partial charge in [-0.25, -0.2) is 4.99 Å². The number of benzene rings is 1. The lowest BCUT2D eigenvalue weighted by molar-refractivity contribution is -0.139. The number of hydrogen-bond acceptors (Lipinski definition) is 4. The molecule has 1 aromatic rings. The van der Waals surface area contributed by atoms with E-state index in [0.29, 0.717) is 5.17 Å². The van der Waals surface area contributed by atoms with Crippen molar-refractivity contribution >= 4 is 34.5 Å². The largest absolute Gasteiger partial charge is 0.481 e. The van der Waals surface area contributed by atoms with E-state index in [4.69, 9.17) is 5.11 Å². The SMILES string of the molecule is CN1C(=O)[C@H](CC(=O)O)SC1=Nc1ccccc1. The third-order valence-electron chi connectivity index (χ3n) is 2.48. The van der Waals surface area contributed by atoms with Gasteiger partial charge < -0.3 is 5.11 Å². The van der Waals surface area contributed by atoms with Crippen LogP contribution in [0.2, 0.25) is 0 Å². The molecule has 0 spiro atoms. The van der Waals surface area contributed by atoms with Gasteiger partial charge in [0.2, 0.25) is 5.91 Å². The highest BCUT2D eigenvalue weighted by Gasteiger charge is 2.36. The van der Waals surface area contributed by atoms with Crippen molar-refractivity contribution in [3.63, 3.8) is 0 Å². The van der Waals surface area contributed by atoms with Gasteiger partial charge in [0.05, 0.1) is 12.1 Å². The molecule has 0 aromatic heterocycles. The number of para-hydroxylation sites is 1. The molecular weight excluding hydrogens is 252 g/mol. The van der Waals surface area contributed by atoms with E-state index in [-0.39, 0.29) is 12.3 Å². The lowest BCUT2D eigenvalue weighted by Gasteiger charge is -2.07. The molecule has 1 fully saturated rings. The van der Waals surface area contributed by atoms with Crippen molar-refractivity contribution in [1.29, 1.82) is 0 Å². The van der Waals surface area contributed by atoms with Gasteiger partial charge >= 0.3 is 5.97 Å². The summed E-state index contributed by atoms with van der Waals surface area (Å²) in [7, 11) is 1.61. The van der Waals surface area contributed by atoms with Crippen LogP contribution in [0.15, 0.2) is 35.3 Å². The van der Waals surface area contributed by atoms with Crippen LogP contribution in [0.4, 0.5) is 5.69 Å². The van der Waals surface area contributed by atoms with Crippen LogP contribution in [0.5, 0.6) is 0 Å². The maximum absolute atomic E-state index is 11.8. The van der Waals surface area contributed by atoms with Crippen LogP contribution < -0.4 is 0 Å². The molecule has 0 bridgehead atoms. The minimum Gasteiger partial charge on any atom is -0.481 e. The number of carbonyl (C=O) groups excluding carboxylic acids is 1. The van der Waals surface area contributed by atoms with Crippen LogP contribution in [0.3, 0.4) is 0 Å². The van der Waals surface area contributed by atoms with E-state index in [2.05, 4.69) is 4.99 Å². The molecule has 0 unspecified atom stereocenters. The van der Waals surface area contributed by atoms with Crippen molar-refractivity contribution in [2.24, 2.45) is 4.99 Å². The highest BCUT2D eigenvalue weighted by atomic mass is 32.2. The fourth-order valence-electron chi connectivity index (χ4n) is 1.57. The number of amidine groups is 1. The van der Waals surface area contributed by atoms with Crippen LogP contribution in [0.25, 0.3) is 0 Å². The predicted molar refractivity (Wildman–Crippen MR) is 69.9 cm³/mol. The molecular formula is C12H12N2O3S. The summed E-state index contributed by atoms with van der Waals surface area (Å²) in [6, 6.07) is 9.26. The van der Waals surface area contributed by atoms with Gasteiger partial charge in [0.25, 0.3) is 0 Å². The molecule has 1 heterocycles. The number of rotatable bonds is 3. The van der Waals surface area contributed by atoms with Gasteiger partial charge in [-0.15, -0.1) is 0 Å². The number of aliphatic imine (C=N–C) groups is 1. The molecule has 18 heavy (non-hydrogen) atoms. The van der Waals surface area contributed by atoms with E-state index in [9.17, 15) is 9.59 Å². The van der Waals surface area contributed by atoms with Gasteiger partial charge in [0.15, 0.2) is 5.17 Å². The molecule has 1 aromatic carbocycles. The third kappa shape index (κ3) is 2.70. The number of aliphatic carboxylic acids is 1. The summed E-state index contributed by atoms with van der Waals surface area (Å²) in [4.78, 5) is 28.2. The smallest absolute Gasteiger partial charge is 0.305 e. The van der Waals surface area contributed by atoms with Crippen molar-refractivity contribution in [1.82, 2.24) is 4.90 Å². The van der Waals surface area contributed by atoms with E-state index in [1.165, 1.54) is 16.7 Å². The van der Waals surface area contributed by atoms with Gasteiger partial charge in [-0.3, -0.25) is 14.5 Å². The Morgan fingerprint density at radius 3 is 2.72 bits per heavy atom. The summed E-state index contributed by atoms with van der Waals surface area (Å²) in [6.07, 6.45) is -0.179. The fourth-order valence-corrected chi connectivity index (χ4v) is 2.71. The number of carboxylic acid groups (broad SMARTS) is 1. The monoisotopic (exact) mass is 264 g/mol. The van der Waals surface area contributed by atoms with Crippen molar-refractivity contribution in [2.75, 3.05) is 7.05 Å². The zero-order valence-corrected chi connectivity index (χ0v) is 10.6. The summed E-state index contributed by atoms with van der Waals surface area (Å²) in [5.41, 5.74) is 0.746. The van der Waals surface area contributed by atoms with Crippen molar-refractivity contribution in [3.05, 3.63) is 30.3 Å². The van der Waals surface area contributed by atoms with Gasteiger partial charge in [0.1, 0.15) is 5.25 Å². The first-order valence-corrected chi connectivity index (χ1v) is 6.25. The number of carboxylic acids is 1. The van der Waals surface area contributed by atoms with Gasteiger partial charge in [-0.2, -0.15) is 0 Å². The summed E-state index contributed by atoms with van der Waals surface area (Å²) in [5.74, 6) is -1.19. The molecule has 5 nitrogen and oxygen atoms in total. The minimum atomic E-state index is -0.977. The van der Waals surface area contributed by atoms with E-state index in [0.717, 1.165) is 5.69 Å². The number of thioether (sulfide) groups is 1. The highest BCUT2D eigenvalue weighted by Crippen LogP contribution is 2.30. The van der Waals surface area contributed by atoms with Crippen LogP contribution in [0.1, 0.15) is 6.42 Å². The molecule has 1 atom stereocenters. The molecule has 6 heteroatoms. The average Bonchev–Trinajstić information content (AvgIpc) is 2.58. The lowest BCUT2D eigenvalue weighted by atomic mass is 10.3. The maximum Gasteiger partial charge on any atom is 0.305 e. The van der Waals surface area contributed by atoms with Crippen molar-refractivity contribution < 1.29 is 14.7 Å². The van der Waals surface area contributed by atoms with Crippen LogP contribution >= 0.6 is 11.8 Å². The Morgan fingerprint density at radius 2 is 2.11 bits per heavy atom. The first-order chi connectivity index (χ1) is 8.58. The molecule has 0 saturated carbocycles. The fraction of sp³-hybridized carbons (Fsp3) is 0.250. The predicted octanol–water partition coefficient (Wildman–Crippen LogP) is 1.72. The maximum atomic E-state index is 11.8. The molecule has 0 aliphatic carbocycles. The molecule has 1 aliphatic heterocycles. The summed E-state index contributed by atoms with van der Waals surface area (Å²) in [5, 5.41) is 8.70. The minimum absolute atomic E-state index is 0.179. The molecule has 0 radical (unpaired) electrons. The summed E-state index contributed by atoms with van der Waals surface area (Å²) >= 11 is 1.20. The van der Waals surface area contributed by atoms with E-state index >= 15 is 0 Å². The van der Waals surface area contributed by atoms with E-state index in [1.54, 1.807) is 7.05 Å². The zero-order chi connectivity index (χ0) is 13.1. The Morgan fingerprint density at radius 1 is 1.44 bits per heavy atom. The molecule has 1 N–H and O–H groups in total. The Balaban J connectivity index is 2.18. The average molecular weight is 264 g/mol. The van der Waals surface area contributed by atoms with Crippen molar-refractivity contribution in [3.8, 4) is 0 Å². The first-order valence-electron chi connectivity index (χ1n) is 5.37. The van der Waals surface area contributed by atoms with Crippen molar-refractivity contribution in [2.45, 2.75) is 11.7 Å². The normalized spacial score (nSPS) is 21.6. The summed E-state index contributed by atoms with van der Waals surface area (Å²) in [6.45, 7) is 0. The Hall–Kier alpha value is -1.82. The first kappa shape index (κ1) is 12.6. The zero-order valence-electron chi connectivity index (χ0n) is 9.74. The second-order valence-corrected chi connectivity index (χ2v) is 5.00. The Kier molecular flexibility index (Phi) is 3.66. The number of hydrogen-bond donors (Lipinski definition) is 1. The van der Waals surface area contributed by atoms with Crippen LogP contribution in [-0.4, -0.2) is 39.3 Å². The second kappa shape index (κ2) is 5.22. The molecule has 2 rings (SSSR count). The molecule has 94 valence electrons. The number of nitrogens with zero attached hydrogens (tertiary/aromatic N) is 2. The lowest BCUT2D eigenvalue weighted by Crippen LogP contribution is -2.28. The van der Waals surface area contributed by atoms with Gasteiger partial charge in [0, 0.05) is 7.05 Å². The highest BCUT2D eigenvalue weighted by molar-refractivity contribution is 8.15. The van der Waals surface area contributed by atoms with E-state index in [1.807, 2.05) is 30.3 Å². The number of carbonyl (C=O) groups is 2. The Labute approximate surface area is 109 Å². The summed E-state index contributed by atoms with van der Waals surface area (Å²) < 4.78 is 0. The molecule has 1 aliphatic rings. The molecule has 1 amide bonds. The standard InChI is InChI=1S/C12H12N2O3S/c1-14-11(17)9(7-10(15)16)18-12(14)13-8-5-3-2-4-6-8/h2-6,9H,7H2,1H3,(H,15,16)/t9-/m0/s1. The topological polar surface area (TPSA) is 70.0 Å². The molecule has 1 saturated heterocycles. The van der Waals surface area contributed by atoms with Gasteiger partial charge in [-0.1, -0.05) is 30.0 Å². The number of amides is 1. The van der Waals surface area contributed by atoms with Gasteiger partial charge in [-0.05, 0) is 12.1 Å². The quantitative estimate of drug-likeness (QED) is 0.902. The van der Waals surface area contributed by atoms with Crippen LogP contribution in [-0.2, 0) is 9.59 Å². The third-order valence-corrected chi connectivity index (χ3v) is 3.71. The van der Waals surface area contributed by atoms with E-state index < -0.39 is 11.2 Å².